The van der Waals surface area contributed by atoms with Gasteiger partial charge in [-0.05, 0) is 23.8 Å². The number of benzene rings is 2. The number of aromatic amines is 1. The summed E-state index contributed by atoms with van der Waals surface area (Å²) >= 11 is 0. The Hall–Kier alpha value is -2.51. The van der Waals surface area contributed by atoms with Gasteiger partial charge in [-0.3, -0.25) is 0 Å². The lowest BCUT2D eigenvalue weighted by molar-refractivity contribution is 0.353. The summed E-state index contributed by atoms with van der Waals surface area (Å²) in [5.41, 5.74) is 3.21. The van der Waals surface area contributed by atoms with Gasteiger partial charge in [-0.2, -0.15) is 4.31 Å². The lowest BCUT2D eigenvalue weighted by Gasteiger charge is -2.26. The topological polar surface area (TPSA) is 71.6 Å². The molecule has 136 valence electrons. The van der Waals surface area contributed by atoms with Crippen molar-refractivity contribution in [2.24, 2.45) is 0 Å². The van der Waals surface area contributed by atoms with E-state index in [1.54, 1.807) is 12.1 Å². The minimum atomic E-state index is -3.62. The first-order valence-corrected chi connectivity index (χ1v) is 9.79. The van der Waals surface area contributed by atoms with Gasteiger partial charge in [0.15, 0.2) is 11.5 Å². The fourth-order valence-electron chi connectivity index (χ4n) is 3.47. The molecule has 0 amide bonds. The molecule has 0 saturated heterocycles. The van der Waals surface area contributed by atoms with Gasteiger partial charge in [0.05, 0.1) is 19.1 Å². The van der Waals surface area contributed by atoms with Crippen molar-refractivity contribution in [1.29, 1.82) is 0 Å². The third-order valence-electron chi connectivity index (χ3n) is 4.84. The fraction of sp³-hybridized carbons (Fsp3) is 0.263. The molecular weight excluding hydrogens is 352 g/mol. The quantitative estimate of drug-likeness (QED) is 0.764. The van der Waals surface area contributed by atoms with Gasteiger partial charge in [0, 0.05) is 42.2 Å². The van der Waals surface area contributed by atoms with E-state index in [9.17, 15) is 8.42 Å². The third-order valence-corrected chi connectivity index (χ3v) is 6.68. The zero-order valence-electron chi connectivity index (χ0n) is 14.7. The third kappa shape index (κ3) is 2.64. The molecule has 1 N–H and O–H groups in total. The summed E-state index contributed by atoms with van der Waals surface area (Å²) in [6.07, 6.45) is 0.663. The summed E-state index contributed by atoms with van der Waals surface area (Å²) in [5, 5.41) is 1.08. The lowest BCUT2D eigenvalue weighted by Crippen LogP contribution is -2.35. The maximum absolute atomic E-state index is 13.1. The highest BCUT2D eigenvalue weighted by atomic mass is 32.2. The molecule has 1 aliphatic heterocycles. The van der Waals surface area contributed by atoms with E-state index in [1.807, 2.05) is 24.3 Å². The lowest BCUT2D eigenvalue weighted by atomic mass is 10.1. The van der Waals surface area contributed by atoms with Crippen LogP contribution in [0.1, 0.15) is 11.3 Å². The minimum absolute atomic E-state index is 0.207. The molecule has 0 spiro atoms. The van der Waals surface area contributed by atoms with Crippen molar-refractivity contribution < 1.29 is 17.9 Å². The van der Waals surface area contributed by atoms with Crippen LogP contribution in [0.2, 0.25) is 0 Å². The average molecular weight is 372 g/mol. The maximum Gasteiger partial charge on any atom is 0.243 e. The highest BCUT2D eigenvalue weighted by Gasteiger charge is 2.30. The number of para-hydroxylation sites is 1. The Morgan fingerprint density at radius 3 is 2.58 bits per heavy atom. The number of H-pyrrole nitrogens is 1. The van der Waals surface area contributed by atoms with Crippen LogP contribution >= 0.6 is 0 Å². The van der Waals surface area contributed by atoms with Crippen molar-refractivity contribution in [3.05, 3.63) is 53.7 Å². The van der Waals surface area contributed by atoms with Crippen molar-refractivity contribution in [2.45, 2.75) is 17.9 Å². The molecular formula is C19H20N2O4S. The normalized spacial score (nSPS) is 15.0. The summed E-state index contributed by atoms with van der Waals surface area (Å²) in [6, 6.07) is 12.7. The van der Waals surface area contributed by atoms with Crippen molar-refractivity contribution >= 4 is 20.9 Å². The molecule has 2 aromatic carbocycles. The molecule has 0 unspecified atom stereocenters. The molecule has 2 heterocycles. The van der Waals surface area contributed by atoms with Crippen LogP contribution in [-0.2, 0) is 23.0 Å². The second-order valence-corrected chi connectivity index (χ2v) is 8.17. The van der Waals surface area contributed by atoms with Crippen LogP contribution in [0.4, 0.5) is 0 Å². The number of methoxy groups -OCH3 is 2. The van der Waals surface area contributed by atoms with E-state index >= 15 is 0 Å². The Balaban J connectivity index is 1.71. The van der Waals surface area contributed by atoms with Gasteiger partial charge in [0.25, 0.3) is 0 Å². The Kier molecular flexibility index (Phi) is 4.13. The van der Waals surface area contributed by atoms with Crippen molar-refractivity contribution in [3.63, 3.8) is 0 Å². The Morgan fingerprint density at radius 1 is 1.04 bits per heavy atom. The van der Waals surface area contributed by atoms with Gasteiger partial charge < -0.3 is 14.5 Å². The van der Waals surface area contributed by atoms with Crippen molar-refractivity contribution in [3.8, 4) is 11.5 Å². The van der Waals surface area contributed by atoms with Gasteiger partial charge in [-0.15, -0.1) is 0 Å². The number of ether oxygens (including phenoxy) is 2. The number of rotatable bonds is 4. The van der Waals surface area contributed by atoms with E-state index in [0.29, 0.717) is 31.0 Å². The summed E-state index contributed by atoms with van der Waals surface area (Å²) in [7, 11) is -0.609. The Bertz CT molecular complexity index is 1070. The average Bonchev–Trinajstić information content (AvgIpc) is 3.05. The second kappa shape index (κ2) is 6.34. The Labute approximate surface area is 152 Å². The molecule has 0 fully saturated rings. The van der Waals surface area contributed by atoms with Crippen LogP contribution in [0.3, 0.4) is 0 Å². The predicted octanol–water partition coefficient (Wildman–Crippen LogP) is 2.93. The number of hydrogen-bond acceptors (Lipinski definition) is 4. The molecule has 0 radical (unpaired) electrons. The van der Waals surface area contributed by atoms with Crippen molar-refractivity contribution in [2.75, 3.05) is 20.8 Å². The molecule has 0 saturated carbocycles. The molecule has 1 aromatic heterocycles. The maximum atomic E-state index is 13.1. The van der Waals surface area contributed by atoms with Crippen LogP contribution in [0, 0.1) is 0 Å². The standard InChI is InChI=1S/C19H20N2O4S/c1-24-18-8-7-13(11-19(18)25-2)26(22,23)21-10-9-17-15(12-21)14-5-3-4-6-16(14)20-17/h3-8,11,20H,9-10,12H2,1-2H3. The summed E-state index contributed by atoms with van der Waals surface area (Å²) in [5.74, 6) is 0.905. The van der Waals surface area contributed by atoms with Crippen molar-refractivity contribution in [1.82, 2.24) is 9.29 Å². The van der Waals surface area contributed by atoms with Gasteiger partial charge in [-0.25, -0.2) is 8.42 Å². The number of hydrogen-bond donors (Lipinski definition) is 1. The zero-order chi connectivity index (χ0) is 18.3. The van der Waals surface area contributed by atoms with E-state index in [4.69, 9.17) is 9.47 Å². The number of aromatic nitrogens is 1. The van der Waals surface area contributed by atoms with Crippen LogP contribution in [0.5, 0.6) is 11.5 Å². The number of fused-ring (bicyclic) bond motifs is 3. The molecule has 0 aliphatic carbocycles. The van der Waals surface area contributed by atoms with E-state index in [-0.39, 0.29) is 4.90 Å². The largest absolute Gasteiger partial charge is 0.493 e. The highest BCUT2D eigenvalue weighted by molar-refractivity contribution is 7.89. The zero-order valence-corrected chi connectivity index (χ0v) is 15.5. The van der Waals surface area contributed by atoms with Gasteiger partial charge >= 0.3 is 0 Å². The molecule has 4 rings (SSSR count). The molecule has 0 atom stereocenters. The van der Waals surface area contributed by atoms with E-state index in [1.165, 1.54) is 24.6 Å². The molecule has 26 heavy (non-hydrogen) atoms. The number of sulfonamides is 1. The van der Waals surface area contributed by atoms with Crippen LogP contribution in [-0.4, -0.2) is 38.5 Å². The fourth-order valence-corrected chi connectivity index (χ4v) is 4.90. The van der Waals surface area contributed by atoms with Crippen LogP contribution < -0.4 is 9.47 Å². The number of nitrogens with zero attached hydrogens (tertiary/aromatic N) is 1. The summed E-state index contributed by atoms with van der Waals surface area (Å²) in [4.78, 5) is 3.61. The highest BCUT2D eigenvalue weighted by Crippen LogP contribution is 2.33. The molecule has 7 heteroatoms. The van der Waals surface area contributed by atoms with E-state index in [2.05, 4.69) is 4.98 Å². The predicted molar refractivity (Wildman–Crippen MR) is 99.1 cm³/mol. The van der Waals surface area contributed by atoms with E-state index < -0.39 is 10.0 Å². The molecule has 3 aromatic rings. The second-order valence-electron chi connectivity index (χ2n) is 6.23. The van der Waals surface area contributed by atoms with Gasteiger partial charge in [-0.1, -0.05) is 18.2 Å². The number of nitrogens with one attached hydrogen (secondary N) is 1. The SMILES string of the molecule is COc1ccc(S(=O)(=O)N2CCc3[nH]c4ccccc4c3C2)cc1OC. The smallest absolute Gasteiger partial charge is 0.243 e. The van der Waals surface area contributed by atoms with Crippen LogP contribution in [0.15, 0.2) is 47.4 Å². The van der Waals surface area contributed by atoms with Gasteiger partial charge in [0.2, 0.25) is 10.0 Å². The first-order chi connectivity index (χ1) is 12.5. The first-order valence-electron chi connectivity index (χ1n) is 8.35. The van der Waals surface area contributed by atoms with Gasteiger partial charge in [0.1, 0.15) is 0 Å². The Morgan fingerprint density at radius 2 is 1.81 bits per heavy atom. The molecule has 1 aliphatic rings. The summed E-state index contributed by atoms with van der Waals surface area (Å²) < 4.78 is 38.3. The first kappa shape index (κ1) is 16.9. The minimum Gasteiger partial charge on any atom is -0.493 e. The monoisotopic (exact) mass is 372 g/mol. The van der Waals surface area contributed by atoms with E-state index in [0.717, 1.165) is 22.2 Å². The molecule has 6 nitrogen and oxygen atoms in total. The van der Waals surface area contributed by atoms with Crippen LogP contribution in [0.25, 0.3) is 10.9 Å². The molecule has 0 bridgehead atoms. The summed E-state index contributed by atoms with van der Waals surface area (Å²) in [6.45, 7) is 0.798.